The minimum absolute atomic E-state index is 0.169. The number of aromatic nitrogens is 2. The number of halogens is 4. The highest BCUT2D eigenvalue weighted by molar-refractivity contribution is 6.30. The summed E-state index contributed by atoms with van der Waals surface area (Å²) in [7, 11) is 1.23. The fourth-order valence-corrected chi connectivity index (χ4v) is 2.56. The summed E-state index contributed by atoms with van der Waals surface area (Å²) >= 11 is 5.79. The number of amides is 1. The van der Waals surface area contributed by atoms with Gasteiger partial charge < -0.3 is 5.32 Å². The zero-order chi connectivity index (χ0) is 18.9. The molecule has 0 spiro atoms. The molecule has 4 nitrogen and oxygen atoms in total. The maximum absolute atomic E-state index is 12.9. The van der Waals surface area contributed by atoms with Crippen molar-refractivity contribution in [3.63, 3.8) is 0 Å². The minimum atomic E-state index is -4.49. The summed E-state index contributed by atoms with van der Waals surface area (Å²) in [5.74, 6) is -0.351. The molecule has 0 aliphatic carbocycles. The number of anilines is 1. The number of benzene rings is 2. The van der Waals surface area contributed by atoms with Gasteiger partial charge in [0.1, 0.15) is 5.69 Å². The van der Waals surface area contributed by atoms with Crippen LogP contribution in [0, 0.1) is 0 Å². The fourth-order valence-electron chi connectivity index (χ4n) is 2.43. The first-order chi connectivity index (χ1) is 12.2. The largest absolute Gasteiger partial charge is 0.433 e. The average Bonchev–Trinajstić information content (AvgIpc) is 2.98. The minimum Gasteiger partial charge on any atom is -0.322 e. The van der Waals surface area contributed by atoms with E-state index < -0.39 is 11.9 Å². The zero-order valence-corrected chi connectivity index (χ0v) is 14.3. The van der Waals surface area contributed by atoms with Crippen LogP contribution in [0.1, 0.15) is 16.1 Å². The Labute approximate surface area is 152 Å². The Kier molecular flexibility index (Phi) is 4.73. The number of nitrogens with one attached hydrogen (secondary N) is 1. The number of alkyl halides is 3. The van der Waals surface area contributed by atoms with Gasteiger partial charge in [0.2, 0.25) is 0 Å². The topological polar surface area (TPSA) is 46.9 Å². The number of hydrogen-bond acceptors (Lipinski definition) is 2. The molecule has 3 aromatic rings. The molecule has 0 aliphatic rings. The molecule has 0 bridgehead atoms. The van der Waals surface area contributed by atoms with Crippen LogP contribution in [-0.4, -0.2) is 15.7 Å². The van der Waals surface area contributed by atoms with E-state index in [1.54, 1.807) is 48.5 Å². The smallest absolute Gasteiger partial charge is 0.322 e. The van der Waals surface area contributed by atoms with Crippen LogP contribution in [0.4, 0.5) is 18.9 Å². The van der Waals surface area contributed by atoms with E-state index in [1.165, 1.54) is 7.05 Å². The molecule has 134 valence electrons. The highest BCUT2D eigenvalue weighted by Gasteiger charge is 2.35. The molecule has 1 N–H and O–H groups in total. The van der Waals surface area contributed by atoms with Crippen LogP contribution in [-0.2, 0) is 13.2 Å². The third-order valence-corrected chi connectivity index (χ3v) is 3.94. The van der Waals surface area contributed by atoms with Crippen LogP contribution >= 0.6 is 11.6 Å². The summed E-state index contributed by atoms with van der Waals surface area (Å²) in [6.07, 6.45) is -4.49. The summed E-state index contributed by atoms with van der Waals surface area (Å²) in [6.45, 7) is 0. The number of carbonyl (C=O) groups excluding carboxylic acids is 1. The SMILES string of the molecule is Cn1nc(-c2cccc(NC(=O)c3ccc(Cl)cc3)c2)cc1C(F)(F)F. The van der Waals surface area contributed by atoms with Gasteiger partial charge in [-0.05, 0) is 42.5 Å². The highest BCUT2D eigenvalue weighted by atomic mass is 35.5. The number of carbonyl (C=O) groups is 1. The molecule has 0 saturated heterocycles. The molecule has 0 aliphatic heterocycles. The molecule has 0 atom stereocenters. The Balaban J connectivity index is 1.85. The van der Waals surface area contributed by atoms with Gasteiger partial charge in [-0.2, -0.15) is 18.3 Å². The van der Waals surface area contributed by atoms with Crippen LogP contribution in [0.25, 0.3) is 11.3 Å². The Morgan fingerprint density at radius 1 is 1.12 bits per heavy atom. The van der Waals surface area contributed by atoms with E-state index in [0.717, 1.165) is 10.7 Å². The van der Waals surface area contributed by atoms with E-state index in [1.807, 2.05) is 0 Å². The van der Waals surface area contributed by atoms with Crippen molar-refractivity contribution in [2.45, 2.75) is 6.18 Å². The quantitative estimate of drug-likeness (QED) is 0.695. The zero-order valence-electron chi connectivity index (χ0n) is 13.5. The van der Waals surface area contributed by atoms with Gasteiger partial charge >= 0.3 is 6.18 Å². The Bertz CT molecular complexity index is 949. The van der Waals surface area contributed by atoms with E-state index in [0.29, 0.717) is 21.8 Å². The summed E-state index contributed by atoms with van der Waals surface area (Å²) in [6, 6.07) is 13.8. The molecule has 26 heavy (non-hydrogen) atoms. The first kappa shape index (κ1) is 18.0. The Morgan fingerprint density at radius 3 is 2.42 bits per heavy atom. The third kappa shape index (κ3) is 3.88. The van der Waals surface area contributed by atoms with Gasteiger partial charge in [0.15, 0.2) is 0 Å². The van der Waals surface area contributed by atoms with Crippen molar-refractivity contribution in [2.75, 3.05) is 5.32 Å². The maximum atomic E-state index is 12.9. The second-order valence-electron chi connectivity index (χ2n) is 5.58. The van der Waals surface area contributed by atoms with Gasteiger partial charge in [-0.25, -0.2) is 0 Å². The molecule has 2 aromatic carbocycles. The van der Waals surface area contributed by atoms with Gasteiger partial charge in [0, 0.05) is 28.9 Å². The number of rotatable bonds is 3. The van der Waals surface area contributed by atoms with Crippen molar-refractivity contribution in [2.24, 2.45) is 7.05 Å². The van der Waals surface area contributed by atoms with Crippen molar-refractivity contribution >= 4 is 23.2 Å². The molecule has 8 heteroatoms. The molecule has 1 aromatic heterocycles. The number of nitrogens with zero attached hydrogens (tertiary/aromatic N) is 2. The third-order valence-electron chi connectivity index (χ3n) is 3.69. The monoisotopic (exact) mass is 379 g/mol. The van der Waals surface area contributed by atoms with Crippen LogP contribution < -0.4 is 5.32 Å². The lowest BCUT2D eigenvalue weighted by Crippen LogP contribution is -2.11. The van der Waals surface area contributed by atoms with E-state index in [-0.39, 0.29) is 11.6 Å². The summed E-state index contributed by atoms with van der Waals surface area (Å²) in [4.78, 5) is 12.2. The van der Waals surface area contributed by atoms with Crippen molar-refractivity contribution in [1.82, 2.24) is 9.78 Å². The molecular weight excluding hydrogens is 367 g/mol. The molecule has 1 heterocycles. The Hall–Kier alpha value is -2.80. The van der Waals surface area contributed by atoms with Crippen LogP contribution in [0.2, 0.25) is 5.02 Å². The predicted molar refractivity (Wildman–Crippen MR) is 93.1 cm³/mol. The fraction of sp³-hybridized carbons (Fsp3) is 0.111. The first-order valence-electron chi connectivity index (χ1n) is 7.52. The van der Waals surface area contributed by atoms with Gasteiger partial charge in [-0.15, -0.1) is 0 Å². The molecule has 0 saturated carbocycles. The molecule has 1 amide bonds. The second kappa shape index (κ2) is 6.84. The van der Waals surface area contributed by atoms with Gasteiger partial charge in [0.25, 0.3) is 5.91 Å². The normalized spacial score (nSPS) is 11.4. The lowest BCUT2D eigenvalue weighted by molar-refractivity contribution is -0.143. The van der Waals surface area contributed by atoms with Crippen LogP contribution in [0.3, 0.4) is 0 Å². The van der Waals surface area contributed by atoms with Crippen molar-refractivity contribution < 1.29 is 18.0 Å². The van der Waals surface area contributed by atoms with Gasteiger partial charge in [0.05, 0.1) is 5.69 Å². The van der Waals surface area contributed by atoms with Crippen LogP contribution in [0.5, 0.6) is 0 Å². The first-order valence-corrected chi connectivity index (χ1v) is 7.90. The molecular formula is C18H13ClF3N3O. The maximum Gasteiger partial charge on any atom is 0.433 e. The lowest BCUT2D eigenvalue weighted by atomic mass is 10.1. The predicted octanol–water partition coefficient (Wildman–Crippen LogP) is 5.01. The summed E-state index contributed by atoms with van der Waals surface area (Å²) < 4.78 is 39.5. The lowest BCUT2D eigenvalue weighted by Gasteiger charge is -2.07. The van der Waals surface area contributed by atoms with Crippen molar-refractivity contribution in [1.29, 1.82) is 0 Å². The molecule has 0 fully saturated rings. The van der Waals surface area contributed by atoms with Crippen molar-refractivity contribution in [3.05, 3.63) is 70.9 Å². The Morgan fingerprint density at radius 2 is 1.81 bits per heavy atom. The molecule has 3 rings (SSSR count). The van der Waals surface area contributed by atoms with Gasteiger partial charge in [-0.1, -0.05) is 23.7 Å². The number of hydrogen-bond donors (Lipinski definition) is 1. The second-order valence-corrected chi connectivity index (χ2v) is 6.01. The molecule has 0 unspecified atom stereocenters. The molecule has 0 radical (unpaired) electrons. The van der Waals surface area contributed by atoms with Crippen molar-refractivity contribution in [3.8, 4) is 11.3 Å². The van der Waals surface area contributed by atoms with E-state index in [9.17, 15) is 18.0 Å². The average molecular weight is 380 g/mol. The standard InChI is InChI=1S/C18H13ClF3N3O/c1-25-16(18(20,21)22)10-15(24-25)12-3-2-4-14(9-12)23-17(26)11-5-7-13(19)8-6-11/h2-10H,1H3,(H,23,26). The highest BCUT2D eigenvalue weighted by Crippen LogP contribution is 2.32. The van der Waals surface area contributed by atoms with E-state index >= 15 is 0 Å². The summed E-state index contributed by atoms with van der Waals surface area (Å²) in [5.41, 5.74) is 0.647. The van der Waals surface area contributed by atoms with E-state index in [4.69, 9.17) is 11.6 Å². The van der Waals surface area contributed by atoms with Gasteiger partial charge in [-0.3, -0.25) is 9.48 Å². The summed E-state index contributed by atoms with van der Waals surface area (Å²) in [5, 5.41) is 7.12. The van der Waals surface area contributed by atoms with E-state index in [2.05, 4.69) is 10.4 Å². The number of aryl methyl sites for hydroxylation is 1. The van der Waals surface area contributed by atoms with Crippen LogP contribution in [0.15, 0.2) is 54.6 Å².